The molecule has 7 heteroatoms. The molecule has 0 aliphatic carbocycles. The number of nitrogens with one attached hydrogen (secondary N) is 1. The summed E-state index contributed by atoms with van der Waals surface area (Å²) in [7, 11) is 1.78. The minimum atomic E-state index is -1.02. The summed E-state index contributed by atoms with van der Waals surface area (Å²) in [5.41, 5.74) is -1.02. The van der Waals surface area contributed by atoms with Crippen LogP contribution in [0.25, 0.3) is 0 Å². The Hall–Kier alpha value is -1.44. The molecule has 0 aromatic carbocycles. The van der Waals surface area contributed by atoms with Crippen LogP contribution in [-0.2, 0) is 11.8 Å². The number of likely N-dealkylation sites (tertiary alicyclic amines) is 1. The van der Waals surface area contributed by atoms with E-state index in [-0.39, 0.29) is 12.5 Å². The van der Waals surface area contributed by atoms with Crippen LogP contribution >= 0.6 is 0 Å². The molecule has 2 rings (SSSR count). The maximum atomic E-state index is 11.9. The first kappa shape index (κ1) is 15.0. The molecule has 1 saturated heterocycles. The number of nitrogens with zero attached hydrogens (tertiary/aromatic N) is 3. The van der Waals surface area contributed by atoms with Gasteiger partial charge in [-0.1, -0.05) is 6.92 Å². The van der Waals surface area contributed by atoms with Crippen LogP contribution in [0.4, 0.5) is 5.82 Å². The number of hydrogen-bond acceptors (Lipinski definition) is 5. The molecule has 2 atom stereocenters. The maximum absolute atomic E-state index is 11.9. The van der Waals surface area contributed by atoms with Crippen LogP contribution in [0.2, 0.25) is 0 Å². The zero-order chi connectivity index (χ0) is 14.8. The van der Waals surface area contributed by atoms with Crippen LogP contribution in [0.15, 0.2) is 12.3 Å². The molecule has 1 aromatic heterocycles. The second-order valence-corrected chi connectivity index (χ2v) is 5.38. The number of anilines is 1. The second kappa shape index (κ2) is 5.90. The molecule has 2 heterocycles. The van der Waals surface area contributed by atoms with Crippen molar-refractivity contribution in [1.82, 2.24) is 14.7 Å². The Morgan fingerprint density at radius 2 is 2.40 bits per heavy atom. The van der Waals surface area contributed by atoms with E-state index in [9.17, 15) is 15.0 Å². The van der Waals surface area contributed by atoms with E-state index in [1.807, 2.05) is 11.8 Å². The van der Waals surface area contributed by atoms with E-state index in [4.69, 9.17) is 0 Å². The van der Waals surface area contributed by atoms with Crippen molar-refractivity contribution in [2.75, 3.05) is 25.0 Å². The molecular weight excluding hydrogens is 260 g/mol. The number of amides is 1. The Bertz CT molecular complexity index is 476. The summed E-state index contributed by atoms with van der Waals surface area (Å²) in [6.45, 7) is 2.94. The lowest BCUT2D eigenvalue weighted by Crippen LogP contribution is -2.56. The van der Waals surface area contributed by atoms with Crippen molar-refractivity contribution >= 4 is 11.7 Å². The SMILES string of the molecule is CC[C@@]1(O)CCN(CC(=O)Nc2ccn(C)n2)C[C@H]1O. The molecule has 7 nitrogen and oxygen atoms in total. The first-order valence-electron chi connectivity index (χ1n) is 6.85. The third kappa shape index (κ3) is 3.36. The van der Waals surface area contributed by atoms with E-state index in [1.165, 1.54) is 0 Å². The predicted octanol–water partition coefficient (Wildman–Crippen LogP) is -0.434. The van der Waals surface area contributed by atoms with Crippen LogP contribution in [0.3, 0.4) is 0 Å². The highest BCUT2D eigenvalue weighted by molar-refractivity contribution is 5.91. The van der Waals surface area contributed by atoms with E-state index in [0.29, 0.717) is 31.7 Å². The summed E-state index contributed by atoms with van der Waals surface area (Å²) < 4.78 is 1.61. The zero-order valence-electron chi connectivity index (χ0n) is 11.9. The van der Waals surface area contributed by atoms with Crippen molar-refractivity contribution in [3.05, 3.63) is 12.3 Å². The van der Waals surface area contributed by atoms with Gasteiger partial charge in [-0.3, -0.25) is 14.4 Å². The van der Waals surface area contributed by atoms with Crippen molar-refractivity contribution in [1.29, 1.82) is 0 Å². The summed E-state index contributed by atoms with van der Waals surface area (Å²) in [4.78, 5) is 13.7. The molecule has 0 unspecified atom stereocenters. The van der Waals surface area contributed by atoms with Crippen molar-refractivity contribution in [3.8, 4) is 0 Å². The number of hydrogen-bond donors (Lipinski definition) is 3. The molecule has 1 aliphatic heterocycles. The van der Waals surface area contributed by atoms with Gasteiger partial charge in [0.15, 0.2) is 5.82 Å². The molecule has 3 N–H and O–H groups in total. The van der Waals surface area contributed by atoms with Gasteiger partial charge in [0.1, 0.15) is 0 Å². The lowest BCUT2D eigenvalue weighted by atomic mass is 9.86. The minimum Gasteiger partial charge on any atom is -0.389 e. The van der Waals surface area contributed by atoms with Crippen molar-refractivity contribution in [2.24, 2.45) is 7.05 Å². The molecule has 0 spiro atoms. The Balaban J connectivity index is 1.84. The first-order valence-corrected chi connectivity index (χ1v) is 6.85. The summed E-state index contributed by atoms with van der Waals surface area (Å²) in [5, 5.41) is 26.9. The highest BCUT2D eigenvalue weighted by Gasteiger charge is 2.39. The third-order valence-electron chi connectivity index (χ3n) is 3.87. The van der Waals surface area contributed by atoms with Crippen LogP contribution in [-0.4, -0.2) is 62.1 Å². The number of aryl methyl sites for hydroxylation is 1. The average Bonchev–Trinajstić information content (AvgIpc) is 2.79. The molecule has 112 valence electrons. The highest BCUT2D eigenvalue weighted by atomic mass is 16.3. The monoisotopic (exact) mass is 282 g/mol. The van der Waals surface area contributed by atoms with E-state index in [0.717, 1.165) is 0 Å². The largest absolute Gasteiger partial charge is 0.389 e. The Kier molecular flexibility index (Phi) is 4.42. The standard InChI is InChI=1S/C13H22N4O3/c1-3-13(20)5-7-17(8-10(13)18)9-12(19)14-11-4-6-16(2)15-11/h4,6,10,18,20H,3,5,7-9H2,1-2H3,(H,14,15,19)/t10-,13-/m1/s1. The average molecular weight is 282 g/mol. The van der Waals surface area contributed by atoms with E-state index in [1.54, 1.807) is 24.0 Å². The summed E-state index contributed by atoms with van der Waals surface area (Å²) in [5.74, 6) is 0.345. The smallest absolute Gasteiger partial charge is 0.239 e. The fourth-order valence-electron chi connectivity index (χ4n) is 2.45. The van der Waals surface area contributed by atoms with E-state index < -0.39 is 11.7 Å². The van der Waals surface area contributed by atoms with Gasteiger partial charge < -0.3 is 15.5 Å². The molecule has 1 aliphatic rings. The van der Waals surface area contributed by atoms with Gasteiger partial charge in [0.2, 0.25) is 5.91 Å². The molecular formula is C13H22N4O3. The van der Waals surface area contributed by atoms with Gasteiger partial charge >= 0.3 is 0 Å². The second-order valence-electron chi connectivity index (χ2n) is 5.38. The third-order valence-corrected chi connectivity index (χ3v) is 3.87. The predicted molar refractivity (Wildman–Crippen MR) is 74.1 cm³/mol. The lowest BCUT2D eigenvalue weighted by Gasteiger charge is -2.41. The fraction of sp³-hybridized carbons (Fsp3) is 0.692. The Morgan fingerprint density at radius 1 is 1.65 bits per heavy atom. The van der Waals surface area contributed by atoms with E-state index >= 15 is 0 Å². The van der Waals surface area contributed by atoms with Crippen LogP contribution < -0.4 is 5.32 Å². The number of aliphatic hydroxyl groups excluding tert-OH is 1. The van der Waals surface area contributed by atoms with Gasteiger partial charge in [-0.2, -0.15) is 5.10 Å². The molecule has 1 aromatic rings. The minimum absolute atomic E-state index is 0.169. The van der Waals surface area contributed by atoms with Gasteiger partial charge in [0.05, 0.1) is 18.2 Å². The lowest BCUT2D eigenvalue weighted by molar-refractivity contribution is -0.130. The van der Waals surface area contributed by atoms with Crippen LogP contribution in [0.1, 0.15) is 19.8 Å². The maximum Gasteiger partial charge on any atom is 0.239 e. The van der Waals surface area contributed by atoms with Crippen molar-refractivity contribution < 1.29 is 15.0 Å². The van der Waals surface area contributed by atoms with Gasteiger partial charge in [-0.15, -0.1) is 0 Å². The molecule has 20 heavy (non-hydrogen) atoms. The molecule has 1 fully saturated rings. The van der Waals surface area contributed by atoms with Gasteiger partial charge in [-0.05, 0) is 12.8 Å². The number of carbonyl (C=O) groups excluding carboxylic acids is 1. The number of aliphatic hydroxyl groups is 2. The zero-order valence-corrected chi connectivity index (χ0v) is 11.9. The topological polar surface area (TPSA) is 90.6 Å². The first-order chi connectivity index (χ1) is 9.43. The summed E-state index contributed by atoms with van der Waals surface area (Å²) >= 11 is 0. The Morgan fingerprint density at radius 3 is 2.95 bits per heavy atom. The number of β-amino-alcohol motifs (C(OH)–C–C–N with tert-alkyl or cyclic N) is 1. The number of rotatable bonds is 4. The van der Waals surface area contributed by atoms with Crippen LogP contribution in [0.5, 0.6) is 0 Å². The fourth-order valence-corrected chi connectivity index (χ4v) is 2.45. The normalized spacial score (nSPS) is 27.5. The molecule has 0 bridgehead atoms. The van der Waals surface area contributed by atoms with Crippen molar-refractivity contribution in [2.45, 2.75) is 31.5 Å². The quantitative estimate of drug-likeness (QED) is 0.697. The number of carbonyl (C=O) groups is 1. The summed E-state index contributed by atoms with van der Waals surface area (Å²) in [6.07, 6.45) is 1.93. The Labute approximate surface area is 118 Å². The van der Waals surface area contributed by atoms with Gasteiger partial charge in [-0.25, -0.2) is 0 Å². The van der Waals surface area contributed by atoms with Crippen molar-refractivity contribution in [3.63, 3.8) is 0 Å². The molecule has 1 amide bonds. The summed E-state index contributed by atoms with van der Waals surface area (Å²) in [6, 6.07) is 1.72. The highest BCUT2D eigenvalue weighted by Crippen LogP contribution is 2.25. The number of piperidine rings is 1. The van der Waals surface area contributed by atoms with Gasteiger partial charge in [0.25, 0.3) is 0 Å². The van der Waals surface area contributed by atoms with E-state index in [2.05, 4.69) is 10.4 Å². The molecule has 0 radical (unpaired) electrons. The number of aromatic nitrogens is 2. The van der Waals surface area contributed by atoms with Crippen LogP contribution in [0, 0.1) is 0 Å². The molecule has 0 saturated carbocycles. The van der Waals surface area contributed by atoms with Gasteiger partial charge in [0, 0.05) is 32.4 Å².